The lowest BCUT2D eigenvalue weighted by Gasteiger charge is -1.98. The molecule has 0 spiro atoms. The standard InChI is InChI=1S/C10H8O/c1-2-8-4-3-5-10-9(8)6-7-11-10/h1,3-5H,6-7H2. The molecule has 0 amide bonds. The minimum Gasteiger partial charge on any atom is -0.493 e. The maximum atomic E-state index is 5.35. The second-order valence-corrected chi connectivity index (χ2v) is 2.53. The first kappa shape index (κ1) is 6.30. The van der Waals surface area contributed by atoms with E-state index in [1.165, 1.54) is 5.56 Å². The number of hydrogen-bond acceptors (Lipinski definition) is 1. The van der Waals surface area contributed by atoms with E-state index in [2.05, 4.69) is 5.92 Å². The fraction of sp³-hybridized carbons (Fsp3) is 0.200. The van der Waals surface area contributed by atoms with Crippen molar-refractivity contribution in [2.75, 3.05) is 6.61 Å². The molecular weight excluding hydrogens is 136 g/mol. The van der Waals surface area contributed by atoms with Gasteiger partial charge in [0.2, 0.25) is 0 Å². The summed E-state index contributed by atoms with van der Waals surface area (Å²) in [5.41, 5.74) is 2.16. The molecule has 0 fully saturated rings. The van der Waals surface area contributed by atoms with E-state index in [0.29, 0.717) is 0 Å². The van der Waals surface area contributed by atoms with Gasteiger partial charge >= 0.3 is 0 Å². The lowest BCUT2D eigenvalue weighted by molar-refractivity contribution is 0.357. The Balaban J connectivity index is 2.61. The molecule has 1 heteroatoms. The molecule has 11 heavy (non-hydrogen) atoms. The summed E-state index contributed by atoms with van der Waals surface area (Å²) in [6, 6.07) is 5.84. The molecule has 1 aliphatic rings. The zero-order valence-corrected chi connectivity index (χ0v) is 6.13. The van der Waals surface area contributed by atoms with Crippen LogP contribution in [0.25, 0.3) is 0 Å². The van der Waals surface area contributed by atoms with E-state index in [9.17, 15) is 0 Å². The molecule has 0 saturated heterocycles. The number of rotatable bonds is 0. The van der Waals surface area contributed by atoms with Crippen LogP contribution in [0.3, 0.4) is 0 Å². The van der Waals surface area contributed by atoms with Crippen LogP contribution in [0.1, 0.15) is 11.1 Å². The predicted octanol–water partition coefficient (Wildman–Crippen LogP) is 1.60. The van der Waals surface area contributed by atoms with Crippen LogP contribution >= 0.6 is 0 Å². The van der Waals surface area contributed by atoms with Gasteiger partial charge in [-0.1, -0.05) is 12.0 Å². The summed E-state index contributed by atoms with van der Waals surface area (Å²) in [4.78, 5) is 0. The highest BCUT2D eigenvalue weighted by atomic mass is 16.5. The largest absolute Gasteiger partial charge is 0.493 e. The first-order valence-corrected chi connectivity index (χ1v) is 3.63. The molecule has 0 aliphatic carbocycles. The van der Waals surface area contributed by atoms with Crippen LogP contribution in [0.15, 0.2) is 18.2 Å². The Morgan fingerprint density at radius 3 is 3.18 bits per heavy atom. The number of ether oxygens (including phenoxy) is 1. The predicted molar refractivity (Wildman–Crippen MR) is 43.6 cm³/mol. The van der Waals surface area contributed by atoms with Gasteiger partial charge in [-0.2, -0.15) is 0 Å². The molecular formula is C10H8O. The van der Waals surface area contributed by atoms with Gasteiger partial charge in [0, 0.05) is 17.5 Å². The SMILES string of the molecule is C#Cc1cccc2c1CCO2. The molecule has 0 atom stereocenters. The monoisotopic (exact) mass is 144 g/mol. The Morgan fingerprint density at radius 2 is 2.36 bits per heavy atom. The molecule has 0 aromatic heterocycles. The van der Waals surface area contributed by atoms with Crippen LogP contribution < -0.4 is 4.74 Å². The van der Waals surface area contributed by atoms with Gasteiger partial charge in [0.25, 0.3) is 0 Å². The van der Waals surface area contributed by atoms with E-state index < -0.39 is 0 Å². The summed E-state index contributed by atoms with van der Waals surface area (Å²) in [5, 5.41) is 0. The van der Waals surface area contributed by atoms with Gasteiger partial charge in [-0.3, -0.25) is 0 Å². The molecule has 1 nitrogen and oxygen atoms in total. The topological polar surface area (TPSA) is 9.23 Å². The fourth-order valence-corrected chi connectivity index (χ4v) is 1.36. The Labute approximate surface area is 66.0 Å². The van der Waals surface area contributed by atoms with Crippen molar-refractivity contribution in [2.24, 2.45) is 0 Å². The van der Waals surface area contributed by atoms with E-state index in [-0.39, 0.29) is 0 Å². The van der Waals surface area contributed by atoms with E-state index >= 15 is 0 Å². The van der Waals surface area contributed by atoms with Crippen molar-refractivity contribution in [3.63, 3.8) is 0 Å². The molecule has 2 rings (SSSR count). The summed E-state index contributed by atoms with van der Waals surface area (Å²) in [6.45, 7) is 0.772. The number of fused-ring (bicyclic) bond motifs is 1. The van der Waals surface area contributed by atoms with E-state index in [4.69, 9.17) is 11.2 Å². The Kier molecular flexibility index (Phi) is 1.33. The molecule has 0 unspecified atom stereocenters. The summed E-state index contributed by atoms with van der Waals surface area (Å²) in [5.74, 6) is 3.61. The van der Waals surface area contributed by atoms with Crippen LogP contribution in [0.2, 0.25) is 0 Å². The van der Waals surface area contributed by atoms with Gasteiger partial charge < -0.3 is 4.74 Å². The maximum absolute atomic E-state index is 5.35. The summed E-state index contributed by atoms with van der Waals surface area (Å²) in [6.07, 6.45) is 6.27. The number of hydrogen-bond donors (Lipinski definition) is 0. The fourth-order valence-electron chi connectivity index (χ4n) is 1.36. The first-order valence-electron chi connectivity index (χ1n) is 3.63. The molecule has 54 valence electrons. The highest BCUT2D eigenvalue weighted by Crippen LogP contribution is 2.27. The highest BCUT2D eigenvalue weighted by Gasteiger charge is 2.13. The maximum Gasteiger partial charge on any atom is 0.123 e. The second-order valence-electron chi connectivity index (χ2n) is 2.53. The van der Waals surface area contributed by atoms with Crippen molar-refractivity contribution < 1.29 is 4.74 Å². The zero-order valence-electron chi connectivity index (χ0n) is 6.13. The number of benzene rings is 1. The first-order chi connectivity index (χ1) is 5.42. The van der Waals surface area contributed by atoms with Crippen molar-refractivity contribution in [3.05, 3.63) is 29.3 Å². The minimum absolute atomic E-state index is 0.772. The summed E-state index contributed by atoms with van der Waals surface area (Å²) >= 11 is 0. The molecule has 1 aliphatic heterocycles. The molecule has 0 N–H and O–H groups in total. The normalized spacial score (nSPS) is 13.4. The van der Waals surface area contributed by atoms with E-state index in [0.717, 1.165) is 24.3 Å². The minimum atomic E-state index is 0.772. The lowest BCUT2D eigenvalue weighted by atomic mass is 10.1. The lowest BCUT2D eigenvalue weighted by Crippen LogP contribution is -1.86. The average molecular weight is 144 g/mol. The molecule has 1 heterocycles. The van der Waals surface area contributed by atoms with Crippen LogP contribution in [-0.4, -0.2) is 6.61 Å². The van der Waals surface area contributed by atoms with Crippen LogP contribution in [0.4, 0.5) is 0 Å². The highest BCUT2D eigenvalue weighted by molar-refractivity contribution is 5.49. The third-order valence-corrected chi connectivity index (χ3v) is 1.90. The average Bonchev–Trinajstić information content (AvgIpc) is 2.50. The number of terminal acetylenes is 1. The van der Waals surface area contributed by atoms with Crippen molar-refractivity contribution in [2.45, 2.75) is 6.42 Å². The summed E-state index contributed by atoms with van der Waals surface area (Å²) in [7, 11) is 0. The van der Waals surface area contributed by atoms with E-state index in [1.54, 1.807) is 0 Å². The van der Waals surface area contributed by atoms with Gasteiger partial charge in [0.15, 0.2) is 0 Å². The Bertz CT molecular complexity index is 320. The van der Waals surface area contributed by atoms with Crippen molar-refractivity contribution in [3.8, 4) is 18.1 Å². The van der Waals surface area contributed by atoms with Gasteiger partial charge in [0.1, 0.15) is 5.75 Å². The van der Waals surface area contributed by atoms with Gasteiger partial charge in [-0.05, 0) is 12.1 Å². The smallest absolute Gasteiger partial charge is 0.123 e. The summed E-state index contributed by atoms with van der Waals surface area (Å²) < 4.78 is 5.35. The Hall–Kier alpha value is -1.42. The van der Waals surface area contributed by atoms with Crippen LogP contribution in [0.5, 0.6) is 5.75 Å². The van der Waals surface area contributed by atoms with Gasteiger partial charge in [-0.25, -0.2) is 0 Å². The second kappa shape index (κ2) is 2.32. The quantitative estimate of drug-likeness (QED) is 0.502. The molecule has 0 saturated carbocycles. The van der Waals surface area contributed by atoms with E-state index in [1.807, 2.05) is 18.2 Å². The van der Waals surface area contributed by atoms with Crippen LogP contribution in [-0.2, 0) is 6.42 Å². The molecule has 0 bridgehead atoms. The van der Waals surface area contributed by atoms with Crippen molar-refractivity contribution in [1.29, 1.82) is 0 Å². The van der Waals surface area contributed by atoms with Gasteiger partial charge in [0.05, 0.1) is 6.61 Å². The third-order valence-electron chi connectivity index (χ3n) is 1.90. The van der Waals surface area contributed by atoms with Crippen LogP contribution in [0, 0.1) is 12.3 Å². The molecule has 0 radical (unpaired) electrons. The van der Waals surface area contributed by atoms with Crippen molar-refractivity contribution >= 4 is 0 Å². The Morgan fingerprint density at radius 1 is 1.45 bits per heavy atom. The molecule has 1 aromatic carbocycles. The zero-order chi connectivity index (χ0) is 7.68. The van der Waals surface area contributed by atoms with Crippen molar-refractivity contribution in [1.82, 2.24) is 0 Å². The molecule has 1 aromatic rings. The van der Waals surface area contributed by atoms with Gasteiger partial charge in [-0.15, -0.1) is 6.42 Å². The third kappa shape index (κ3) is 0.877.